The van der Waals surface area contributed by atoms with Crippen molar-refractivity contribution in [1.82, 2.24) is 18.3 Å². The minimum absolute atomic E-state index is 0.0213. The standard InChI is InChI=1S/C56H48N2.C49H31N3/c1-55(2,3)41-26-29-51-47(34-41)48-35-42(56(4,5)6)27-30-52(48)57(51)43-28-31-53-49(36-43)44-24-16-17-25-50(44)58(53)54-45(38-20-12-8-13-21-38)32-40(37-18-10-7-11-19-37)33-46(54)39-22-14-9-15-23-39;50-32-33-24-26-47-43(28-33)39-20-10-12-22-45(39)51(47)38-25-27-48-44(31-38)40-21-11-13-23-46(40)52(48)49-41(35-16-6-2-7-17-35)29-37(34-14-4-1-5-15-34)30-42(49)36-18-8-3-9-19-36/h7-36H,1-6H3;1-31H/i7D,8D,9D,10D,11D,12D,13D,14D,15D,18D,19D,20D,21D,22D,23D;1D,2D,3D,4D,5D,6D,7D,8D,9D,14D,15D,16D,17D,18D,19D. The van der Waals surface area contributed by atoms with Gasteiger partial charge in [-0.1, -0.05) is 290 Å². The van der Waals surface area contributed by atoms with Gasteiger partial charge >= 0.3 is 0 Å². The predicted molar refractivity (Wildman–Crippen MR) is 465 cm³/mol. The van der Waals surface area contributed by atoms with Crippen LogP contribution in [0.3, 0.4) is 0 Å². The maximum atomic E-state index is 9.77. The third-order valence-electron chi connectivity index (χ3n) is 20.4. The first-order valence-corrected chi connectivity index (χ1v) is 35.6. The summed E-state index contributed by atoms with van der Waals surface area (Å²) in [7, 11) is 0. The molecule has 0 unspecified atom stereocenters. The van der Waals surface area contributed by atoms with Gasteiger partial charge in [0.15, 0.2) is 0 Å². The van der Waals surface area contributed by atoms with Crippen LogP contribution in [0.4, 0.5) is 0 Å². The van der Waals surface area contributed by atoms with Gasteiger partial charge < -0.3 is 18.3 Å². The maximum absolute atomic E-state index is 9.77. The molecule has 110 heavy (non-hydrogen) atoms. The van der Waals surface area contributed by atoms with Gasteiger partial charge in [0.1, 0.15) is 0 Å². The molecule has 524 valence electrons. The SMILES string of the molecule is [2H]c1c([2H])c([2H])c(-c2cc(-c3c([2H])c([2H])c([2H])c([2H])c3[2H])c(-n3c4ccccc4c4cc(-n5c6ccc(C(C)(C)C)cc6c6cc(C(C)(C)C)ccc65)ccc43)c(-c3c([2H])c([2H])c([2H])c([2H])c3[2H])c2)c([2H])c1[2H].[2H]c1c([2H])c([2H])c(-c2cc(-c3c([2H])c([2H])c([2H])c([2H])c3[2H])c(-n3c4ccccc4c4cc(-n5c6ccccc6c6cc(C#N)ccc65)ccc43)c(-c3c([2H])c([2H])c([2H])c([2H])c3[2H])c2)c([2H])c1[2H]. The van der Waals surface area contributed by atoms with E-state index in [-0.39, 0.29) is 89.0 Å². The fraction of sp³-hybridized carbons (Fsp3) is 0.0762. The van der Waals surface area contributed by atoms with Gasteiger partial charge in [-0.3, -0.25) is 0 Å². The normalized spacial score (nSPS) is 15.7. The summed E-state index contributed by atoms with van der Waals surface area (Å²) in [6.07, 6.45) is 0. The van der Waals surface area contributed by atoms with E-state index >= 15 is 0 Å². The summed E-state index contributed by atoms with van der Waals surface area (Å²) >= 11 is 0. The van der Waals surface area contributed by atoms with Gasteiger partial charge in [-0.05, 0) is 188 Å². The Bertz CT molecular complexity index is 8560. The average molecular weight is 1440 g/mol. The molecule has 0 aliphatic carbocycles. The van der Waals surface area contributed by atoms with Crippen molar-refractivity contribution in [1.29, 1.82) is 5.26 Å². The van der Waals surface area contributed by atoms with Crippen molar-refractivity contribution in [2.24, 2.45) is 0 Å². The summed E-state index contributed by atoms with van der Waals surface area (Å²) in [4.78, 5) is 0. The van der Waals surface area contributed by atoms with Crippen LogP contribution in [0.2, 0.25) is 0 Å². The van der Waals surface area contributed by atoms with Crippen LogP contribution < -0.4 is 0 Å². The van der Waals surface area contributed by atoms with E-state index in [2.05, 4.69) is 99.2 Å². The molecule has 4 heterocycles. The first kappa shape index (κ1) is 41.9. The molecular formula is C105H79N5. The number of nitrogens with zero attached hydrogens (tertiary/aromatic N) is 5. The molecule has 0 N–H and O–H groups in total. The third kappa shape index (κ3) is 11.5. The molecule has 0 aliphatic heterocycles. The van der Waals surface area contributed by atoms with Crippen molar-refractivity contribution >= 4 is 87.2 Å². The molecule has 0 radical (unpaired) electrons. The van der Waals surface area contributed by atoms with Crippen LogP contribution >= 0.6 is 0 Å². The molecule has 0 atom stereocenters. The first-order valence-electron chi connectivity index (χ1n) is 50.6. The highest BCUT2D eigenvalue weighted by molar-refractivity contribution is 6.16. The Kier molecular flexibility index (Phi) is 10.3. The van der Waals surface area contributed by atoms with E-state index in [1.165, 1.54) is 35.4 Å². The molecule has 16 aromatic carbocycles. The summed E-state index contributed by atoms with van der Waals surface area (Å²) in [6, 6.07) is 40.6. The van der Waals surface area contributed by atoms with Crippen LogP contribution in [0.25, 0.3) is 177 Å². The van der Waals surface area contributed by atoms with Crippen LogP contribution in [0, 0.1) is 11.3 Å². The van der Waals surface area contributed by atoms with Crippen LogP contribution in [0.1, 0.15) is 99.4 Å². The van der Waals surface area contributed by atoms with Crippen molar-refractivity contribution in [2.75, 3.05) is 0 Å². The maximum Gasteiger partial charge on any atom is 0.0991 e. The zero-order valence-electron chi connectivity index (χ0n) is 90.1. The fourth-order valence-electron chi connectivity index (χ4n) is 15.4. The van der Waals surface area contributed by atoms with Gasteiger partial charge in [-0.15, -0.1) is 0 Å². The number of nitriles is 1. The Morgan fingerprint density at radius 1 is 0.245 bits per heavy atom. The predicted octanol–water partition coefficient (Wildman–Crippen LogP) is 28.2. The number of para-hydroxylation sites is 3. The Hall–Kier alpha value is -13.8. The van der Waals surface area contributed by atoms with Crippen molar-refractivity contribution in [3.8, 4) is 95.6 Å². The molecule has 4 aromatic heterocycles. The lowest BCUT2D eigenvalue weighted by molar-refractivity contribution is 0.590. The van der Waals surface area contributed by atoms with Gasteiger partial charge in [-0.2, -0.15) is 5.26 Å². The lowest BCUT2D eigenvalue weighted by atomic mass is 9.85. The van der Waals surface area contributed by atoms with E-state index in [4.69, 9.17) is 30.2 Å². The quantitative estimate of drug-likeness (QED) is 0.135. The van der Waals surface area contributed by atoms with Crippen LogP contribution in [-0.2, 0) is 10.8 Å². The minimum Gasteiger partial charge on any atom is -0.309 e. The highest BCUT2D eigenvalue weighted by Gasteiger charge is 2.27. The van der Waals surface area contributed by atoms with Gasteiger partial charge in [0.25, 0.3) is 0 Å². The van der Waals surface area contributed by atoms with Crippen LogP contribution in [-0.4, -0.2) is 18.3 Å². The molecular weight excluding hydrogens is 1330 g/mol. The van der Waals surface area contributed by atoms with E-state index < -0.39 is 181 Å². The van der Waals surface area contributed by atoms with Crippen molar-refractivity contribution in [3.05, 3.63) is 386 Å². The first-order chi connectivity index (χ1) is 66.2. The lowest BCUT2D eigenvalue weighted by Crippen LogP contribution is -2.10. The second kappa shape index (κ2) is 26.9. The largest absolute Gasteiger partial charge is 0.309 e. The Balaban J connectivity index is 0.000000179. The zero-order chi connectivity index (χ0) is 100. The minimum atomic E-state index is -0.695. The zero-order valence-corrected chi connectivity index (χ0v) is 60.1. The van der Waals surface area contributed by atoms with Gasteiger partial charge in [-0.25, -0.2) is 0 Å². The number of benzene rings is 16. The van der Waals surface area contributed by atoms with Gasteiger partial charge in [0.05, 0.1) is 108 Å². The summed E-state index contributed by atoms with van der Waals surface area (Å²) in [5.41, 5.74) is 7.31. The number of rotatable bonds is 10. The van der Waals surface area contributed by atoms with Gasteiger partial charge in [0, 0.05) is 76.7 Å². The molecule has 0 bridgehead atoms. The Morgan fingerprint density at radius 2 is 0.509 bits per heavy atom. The van der Waals surface area contributed by atoms with Crippen molar-refractivity contribution in [2.45, 2.75) is 52.4 Å². The monoisotopic (exact) mass is 1440 g/mol. The molecule has 0 fully saturated rings. The second-order valence-corrected chi connectivity index (χ2v) is 28.9. The van der Waals surface area contributed by atoms with E-state index in [0.717, 1.165) is 65.8 Å². The molecule has 0 spiro atoms. The number of fused-ring (bicyclic) bond motifs is 12. The highest BCUT2D eigenvalue weighted by atomic mass is 15.0. The third-order valence-corrected chi connectivity index (χ3v) is 20.4. The molecule has 0 saturated carbocycles. The fourth-order valence-corrected chi connectivity index (χ4v) is 15.4. The van der Waals surface area contributed by atoms with Crippen molar-refractivity contribution < 1.29 is 41.1 Å². The summed E-state index contributed by atoms with van der Waals surface area (Å²) < 4.78 is 274. The highest BCUT2D eigenvalue weighted by Crippen LogP contribution is 2.48. The molecule has 0 aliphatic rings. The summed E-state index contributed by atoms with van der Waals surface area (Å²) in [5.74, 6) is 0. The Morgan fingerprint density at radius 3 is 0.836 bits per heavy atom. The molecule has 5 heteroatoms. The van der Waals surface area contributed by atoms with E-state index in [1.54, 1.807) is 33.4 Å². The van der Waals surface area contributed by atoms with Crippen molar-refractivity contribution in [3.63, 3.8) is 0 Å². The molecule has 5 nitrogen and oxygen atoms in total. The lowest BCUT2D eigenvalue weighted by Gasteiger charge is -2.21. The number of hydrogen-bond donors (Lipinski definition) is 0. The summed E-state index contributed by atoms with van der Waals surface area (Å²) in [5, 5.41) is 16.5. The van der Waals surface area contributed by atoms with E-state index in [9.17, 15) is 16.2 Å². The van der Waals surface area contributed by atoms with E-state index in [0.29, 0.717) is 38.4 Å². The molecule has 20 rings (SSSR count). The Labute approximate surface area is 683 Å². The van der Waals surface area contributed by atoms with Crippen LogP contribution in [0.15, 0.2) is 369 Å². The topological polar surface area (TPSA) is 43.5 Å². The van der Waals surface area contributed by atoms with E-state index in [1.807, 2.05) is 97.1 Å². The summed E-state index contributed by atoms with van der Waals surface area (Å²) in [6.45, 7) is 13.1. The molecule has 0 amide bonds. The number of aromatic nitrogens is 4. The van der Waals surface area contributed by atoms with Gasteiger partial charge in [0.2, 0.25) is 0 Å². The average Bonchev–Trinajstić information content (AvgIpc) is 1.47. The van der Waals surface area contributed by atoms with Crippen LogP contribution in [0.5, 0.6) is 0 Å². The smallest absolute Gasteiger partial charge is 0.0991 e. The molecule has 0 saturated heterocycles. The molecule has 20 aromatic rings. The second-order valence-electron chi connectivity index (χ2n) is 28.9. The number of hydrogen-bond acceptors (Lipinski definition) is 1.